The summed E-state index contributed by atoms with van der Waals surface area (Å²) < 4.78 is 1.06. The van der Waals surface area contributed by atoms with Gasteiger partial charge in [-0.2, -0.15) is 0 Å². The van der Waals surface area contributed by atoms with Gasteiger partial charge in [-0.25, -0.2) is 4.99 Å². The van der Waals surface area contributed by atoms with Crippen molar-refractivity contribution in [1.82, 2.24) is 15.5 Å². The highest BCUT2D eigenvalue weighted by molar-refractivity contribution is 9.10. The molecule has 0 aliphatic rings. The fourth-order valence-corrected chi connectivity index (χ4v) is 3.04. The zero-order valence-electron chi connectivity index (χ0n) is 16.1. The topological polar surface area (TPSA) is 56.7 Å². The first-order valence-electron chi connectivity index (χ1n) is 9.07. The molecule has 1 amide bonds. The van der Waals surface area contributed by atoms with Crippen LogP contribution < -0.4 is 10.6 Å². The Hall–Kier alpha value is -2.34. The SMILES string of the molecule is CCNC(=NCc1cccc(Br)c1)NCCc1cccc(C(=O)N(C)C)c1. The van der Waals surface area contributed by atoms with E-state index in [1.165, 1.54) is 0 Å². The van der Waals surface area contributed by atoms with E-state index < -0.39 is 0 Å². The molecule has 0 unspecified atom stereocenters. The first-order chi connectivity index (χ1) is 13.0. The van der Waals surface area contributed by atoms with Gasteiger partial charge in [-0.3, -0.25) is 4.79 Å². The third-order valence-corrected chi connectivity index (χ3v) is 4.43. The predicted octanol–water partition coefficient (Wildman–Crippen LogP) is 3.45. The summed E-state index contributed by atoms with van der Waals surface area (Å²) in [6, 6.07) is 15.9. The van der Waals surface area contributed by atoms with Crippen LogP contribution in [0.4, 0.5) is 0 Å². The first-order valence-corrected chi connectivity index (χ1v) is 9.86. The summed E-state index contributed by atoms with van der Waals surface area (Å²) in [5, 5.41) is 6.62. The molecule has 6 heteroatoms. The molecule has 0 bridgehead atoms. The number of carbonyl (C=O) groups excluding carboxylic acids is 1. The number of carbonyl (C=O) groups is 1. The van der Waals surface area contributed by atoms with Gasteiger partial charge in [0.05, 0.1) is 6.54 Å². The van der Waals surface area contributed by atoms with Gasteiger partial charge in [0.1, 0.15) is 0 Å². The van der Waals surface area contributed by atoms with Crippen molar-refractivity contribution in [1.29, 1.82) is 0 Å². The maximum absolute atomic E-state index is 12.1. The van der Waals surface area contributed by atoms with Crippen LogP contribution in [0.1, 0.15) is 28.4 Å². The molecule has 144 valence electrons. The summed E-state index contributed by atoms with van der Waals surface area (Å²) in [7, 11) is 3.53. The average molecular weight is 431 g/mol. The summed E-state index contributed by atoms with van der Waals surface area (Å²) in [6.45, 7) is 4.20. The second-order valence-corrected chi connectivity index (χ2v) is 7.32. The highest BCUT2D eigenvalue weighted by Gasteiger charge is 2.08. The molecule has 0 saturated carbocycles. The zero-order valence-corrected chi connectivity index (χ0v) is 17.7. The third-order valence-electron chi connectivity index (χ3n) is 3.94. The van der Waals surface area contributed by atoms with Crippen molar-refractivity contribution in [3.05, 3.63) is 69.7 Å². The number of aliphatic imine (C=N–C) groups is 1. The predicted molar refractivity (Wildman–Crippen MR) is 115 cm³/mol. The van der Waals surface area contributed by atoms with Gasteiger partial charge in [-0.15, -0.1) is 0 Å². The summed E-state index contributed by atoms with van der Waals surface area (Å²) in [5.41, 5.74) is 2.99. The Morgan fingerprint density at radius 2 is 1.81 bits per heavy atom. The second kappa shape index (κ2) is 10.7. The van der Waals surface area contributed by atoms with E-state index in [1.54, 1.807) is 19.0 Å². The Bertz CT molecular complexity index is 789. The summed E-state index contributed by atoms with van der Waals surface area (Å²) >= 11 is 3.49. The van der Waals surface area contributed by atoms with E-state index in [0.717, 1.165) is 41.1 Å². The van der Waals surface area contributed by atoms with Gasteiger partial charge in [-0.1, -0.05) is 40.2 Å². The Morgan fingerprint density at radius 1 is 1.07 bits per heavy atom. The van der Waals surface area contributed by atoms with Crippen molar-refractivity contribution in [2.75, 3.05) is 27.2 Å². The number of nitrogens with one attached hydrogen (secondary N) is 2. The van der Waals surface area contributed by atoms with Crippen molar-refractivity contribution in [3.8, 4) is 0 Å². The highest BCUT2D eigenvalue weighted by atomic mass is 79.9. The molecule has 5 nitrogen and oxygen atoms in total. The van der Waals surface area contributed by atoms with Gasteiger partial charge in [0.25, 0.3) is 5.91 Å². The number of rotatable bonds is 7. The molecule has 0 aromatic heterocycles. The lowest BCUT2D eigenvalue weighted by Crippen LogP contribution is -2.38. The number of halogens is 1. The van der Waals surface area contributed by atoms with E-state index in [-0.39, 0.29) is 5.91 Å². The molecule has 0 radical (unpaired) electrons. The molecule has 2 rings (SSSR count). The van der Waals surface area contributed by atoms with Crippen molar-refractivity contribution < 1.29 is 4.79 Å². The summed E-state index contributed by atoms with van der Waals surface area (Å²) in [5.74, 6) is 0.812. The summed E-state index contributed by atoms with van der Waals surface area (Å²) in [4.78, 5) is 18.3. The average Bonchev–Trinajstić information content (AvgIpc) is 2.65. The number of hydrogen-bond donors (Lipinski definition) is 2. The van der Waals surface area contributed by atoms with Crippen molar-refractivity contribution in [2.45, 2.75) is 19.9 Å². The maximum Gasteiger partial charge on any atom is 0.253 e. The molecule has 0 heterocycles. The molecular formula is C21H27BrN4O. The molecule has 2 N–H and O–H groups in total. The van der Waals surface area contributed by atoms with Gasteiger partial charge in [0, 0.05) is 37.2 Å². The van der Waals surface area contributed by atoms with E-state index in [2.05, 4.69) is 43.7 Å². The van der Waals surface area contributed by atoms with Gasteiger partial charge in [-0.05, 0) is 48.7 Å². The van der Waals surface area contributed by atoms with Crippen LogP contribution in [0.2, 0.25) is 0 Å². The Labute approximate surface area is 170 Å². The van der Waals surface area contributed by atoms with E-state index in [1.807, 2.05) is 43.3 Å². The monoisotopic (exact) mass is 430 g/mol. The molecule has 2 aromatic carbocycles. The standard InChI is InChI=1S/C21H27BrN4O/c1-4-23-21(25-15-17-8-6-10-19(22)14-17)24-12-11-16-7-5-9-18(13-16)20(27)26(2)3/h5-10,13-14H,4,11-12,15H2,1-3H3,(H2,23,24,25). The second-order valence-electron chi connectivity index (χ2n) is 6.40. The quantitative estimate of drug-likeness (QED) is 0.522. The number of amides is 1. The molecule has 0 fully saturated rings. The van der Waals surface area contributed by atoms with Crippen LogP contribution in [0.3, 0.4) is 0 Å². The minimum atomic E-state index is 0.0220. The van der Waals surface area contributed by atoms with Crippen LogP contribution in [0.25, 0.3) is 0 Å². The zero-order chi connectivity index (χ0) is 19.6. The first kappa shape index (κ1) is 21.0. The van der Waals surface area contributed by atoms with Crippen molar-refractivity contribution in [2.24, 2.45) is 4.99 Å². The number of guanidine groups is 1. The van der Waals surface area contributed by atoms with Crippen LogP contribution in [0.5, 0.6) is 0 Å². The van der Waals surface area contributed by atoms with Gasteiger partial charge in [0.2, 0.25) is 0 Å². The minimum absolute atomic E-state index is 0.0220. The molecule has 0 aliphatic heterocycles. The molecule has 2 aromatic rings. The lowest BCUT2D eigenvalue weighted by atomic mass is 10.1. The number of hydrogen-bond acceptors (Lipinski definition) is 2. The van der Waals surface area contributed by atoms with E-state index in [4.69, 9.17) is 0 Å². The molecule has 27 heavy (non-hydrogen) atoms. The summed E-state index contributed by atoms with van der Waals surface area (Å²) in [6.07, 6.45) is 0.815. The molecule has 0 spiro atoms. The highest BCUT2D eigenvalue weighted by Crippen LogP contribution is 2.12. The normalized spacial score (nSPS) is 11.2. The van der Waals surface area contributed by atoms with Crippen LogP contribution >= 0.6 is 15.9 Å². The lowest BCUT2D eigenvalue weighted by molar-refractivity contribution is 0.0827. The number of nitrogens with zero attached hydrogens (tertiary/aromatic N) is 2. The third kappa shape index (κ3) is 7.06. The maximum atomic E-state index is 12.1. The molecule has 0 aliphatic carbocycles. The smallest absolute Gasteiger partial charge is 0.253 e. The van der Waals surface area contributed by atoms with Crippen LogP contribution in [0.15, 0.2) is 58.0 Å². The lowest BCUT2D eigenvalue weighted by Gasteiger charge is -2.13. The van der Waals surface area contributed by atoms with Crippen molar-refractivity contribution in [3.63, 3.8) is 0 Å². The molecular weight excluding hydrogens is 404 g/mol. The fourth-order valence-electron chi connectivity index (χ4n) is 2.59. The largest absolute Gasteiger partial charge is 0.357 e. The fraction of sp³-hybridized carbons (Fsp3) is 0.333. The van der Waals surface area contributed by atoms with Crippen LogP contribution in [-0.4, -0.2) is 44.0 Å². The molecule has 0 atom stereocenters. The van der Waals surface area contributed by atoms with E-state index >= 15 is 0 Å². The Morgan fingerprint density at radius 3 is 2.52 bits per heavy atom. The number of benzene rings is 2. The van der Waals surface area contributed by atoms with Crippen LogP contribution in [-0.2, 0) is 13.0 Å². The van der Waals surface area contributed by atoms with Crippen LogP contribution in [0, 0.1) is 0 Å². The minimum Gasteiger partial charge on any atom is -0.357 e. The Balaban J connectivity index is 1.93. The van der Waals surface area contributed by atoms with E-state index in [0.29, 0.717) is 12.1 Å². The van der Waals surface area contributed by atoms with E-state index in [9.17, 15) is 4.79 Å². The Kier molecular flexibility index (Phi) is 8.33. The molecule has 0 saturated heterocycles. The van der Waals surface area contributed by atoms with Gasteiger partial charge >= 0.3 is 0 Å². The van der Waals surface area contributed by atoms with Crippen molar-refractivity contribution >= 4 is 27.8 Å². The van der Waals surface area contributed by atoms with Gasteiger partial charge < -0.3 is 15.5 Å². The van der Waals surface area contributed by atoms with Gasteiger partial charge in [0.15, 0.2) is 5.96 Å².